The molecule has 4 heteroatoms. The minimum Gasteiger partial charge on any atom is -0.466 e. The summed E-state index contributed by atoms with van der Waals surface area (Å²) in [6.45, 7) is 5.22. The van der Waals surface area contributed by atoms with Crippen molar-refractivity contribution < 1.29 is 14.3 Å². The largest absolute Gasteiger partial charge is 0.466 e. The molecule has 1 fully saturated rings. The van der Waals surface area contributed by atoms with E-state index in [0.29, 0.717) is 6.04 Å². The van der Waals surface area contributed by atoms with E-state index in [-0.39, 0.29) is 11.4 Å². The lowest BCUT2D eigenvalue weighted by molar-refractivity contribution is -0.138. The van der Waals surface area contributed by atoms with E-state index in [2.05, 4.69) is 11.3 Å². The Morgan fingerprint density at radius 3 is 2.28 bits per heavy atom. The zero-order chi connectivity index (χ0) is 13.7. The van der Waals surface area contributed by atoms with Crippen molar-refractivity contribution in [3.8, 4) is 0 Å². The van der Waals surface area contributed by atoms with Gasteiger partial charge in [0.25, 0.3) is 0 Å². The van der Waals surface area contributed by atoms with Gasteiger partial charge in [-0.05, 0) is 26.8 Å². The van der Waals surface area contributed by atoms with E-state index in [1.54, 1.807) is 0 Å². The van der Waals surface area contributed by atoms with Crippen LogP contribution in [-0.4, -0.2) is 42.9 Å². The summed E-state index contributed by atoms with van der Waals surface area (Å²) in [5, 5.41) is 0. The summed E-state index contributed by atoms with van der Waals surface area (Å²) in [5.74, 6) is -0.559. The molecule has 4 nitrogen and oxygen atoms in total. The maximum Gasteiger partial charge on any atom is 0.335 e. The van der Waals surface area contributed by atoms with Crippen LogP contribution in [0.2, 0.25) is 0 Å². The molecule has 0 heterocycles. The number of carbonyl (C=O) groups excluding carboxylic acids is 2. The molecule has 0 amide bonds. The van der Waals surface area contributed by atoms with Gasteiger partial charge in [0.05, 0.1) is 12.7 Å². The molecule has 0 spiro atoms. The Morgan fingerprint density at radius 2 is 1.83 bits per heavy atom. The summed E-state index contributed by atoms with van der Waals surface area (Å²) in [6.07, 6.45) is 5.78. The van der Waals surface area contributed by atoms with Crippen molar-refractivity contribution >= 4 is 11.8 Å². The molecule has 0 aliphatic heterocycles. The summed E-state index contributed by atoms with van der Waals surface area (Å²) < 4.78 is 4.66. The first-order valence-corrected chi connectivity index (χ1v) is 6.48. The Balaban J connectivity index is 2.80. The lowest BCUT2D eigenvalue weighted by atomic mass is 9.91. The van der Waals surface area contributed by atoms with E-state index in [0.717, 1.165) is 12.8 Å². The second kappa shape index (κ2) is 6.69. The van der Waals surface area contributed by atoms with Crippen LogP contribution in [0.5, 0.6) is 0 Å². The fourth-order valence-electron chi connectivity index (χ4n) is 2.72. The summed E-state index contributed by atoms with van der Waals surface area (Å²) >= 11 is 0. The van der Waals surface area contributed by atoms with E-state index in [4.69, 9.17) is 0 Å². The van der Waals surface area contributed by atoms with Crippen LogP contribution in [0.15, 0.2) is 12.2 Å². The number of carbonyl (C=O) groups is 2. The van der Waals surface area contributed by atoms with Crippen molar-refractivity contribution in [1.82, 2.24) is 4.90 Å². The monoisotopic (exact) mass is 253 g/mol. The van der Waals surface area contributed by atoms with Gasteiger partial charge in [-0.25, -0.2) is 4.79 Å². The Bertz CT molecular complexity index is 332. The maximum absolute atomic E-state index is 11.8. The van der Waals surface area contributed by atoms with Crippen molar-refractivity contribution in [2.24, 2.45) is 0 Å². The van der Waals surface area contributed by atoms with Gasteiger partial charge in [-0.3, -0.25) is 9.69 Å². The van der Waals surface area contributed by atoms with Gasteiger partial charge < -0.3 is 4.74 Å². The third-order valence-electron chi connectivity index (χ3n) is 3.72. The molecule has 102 valence electrons. The minimum absolute atomic E-state index is 0.0570. The predicted octanol–water partition coefficient (Wildman–Crippen LogP) is 1.94. The topological polar surface area (TPSA) is 46.6 Å². The normalized spacial score (nSPS) is 18.4. The van der Waals surface area contributed by atoms with Gasteiger partial charge in [-0.2, -0.15) is 0 Å². The second-order valence-corrected chi connectivity index (χ2v) is 4.99. The molecule has 0 saturated heterocycles. The SMILES string of the molecule is C=C(C(=O)OC)C(C(C)=O)N(C)C1CCCCC1. The molecule has 1 rings (SSSR count). The molecule has 0 N–H and O–H groups in total. The zero-order valence-corrected chi connectivity index (χ0v) is 11.6. The Hall–Kier alpha value is -1.16. The Morgan fingerprint density at radius 1 is 1.28 bits per heavy atom. The van der Waals surface area contributed by atoms with E-state index >= 15 is 0 Å². The molecule has 0 aromatic heterocycles. The molecule has 0 aromatic rings. The highest BCUT2D eigenvalue weighted by Crippen LogP contribution is 2.25. The first-order chi connectivity index (χ1) is 8.49. The smallest absolute Gasteiger partial charge is 0.335 e. The van der Waals surface area contributed by atoms with Crippen LogP contribution < -0.4 is 0 Å². The van der Waals surface area contributed by atoms with Crippen LogP contribution in [0, 0.1) is 0 Å². The summed E-state index contributed by atoms with van der Waals surface area (Å²) in [5.41, 5.74) is 0.234. The first kappa shape index (κ1) is 14.9. The number of ketones is 1. The number of hydrogen-bond acceptors (Lipinski definition) is 4. The summed E-state index contributed by atoms with van der Waals surface area (Å²) in [7, 11) is 3.21. The van der Waals surface area contributed by atoms with Gasteiger partial charge in [-0.1, -0.05) is 25.8 Å². The molecule has 0 aromatic carbocycles. The van der Waals surface area contributed by atoms with Crippen molar-refractivity contribution in [1.29, 1.82) is 0 Å². The van der Waals surface area contributed by atoms with Crippen LogP contribution in [0.1, 0.15) is 39.0 Å². The molecule has 1 aliphatic rings. The van der Waals surface area contributed by atoms with E-state index in [9.17, 15) is 9.59 Å². The highest BCUT2D eigenvalue weighted by atomic mass is 16.5. The number of rotatable bonds is 5. The standard InChI is InChI=1S/C14H23NO3/c1-10(14(17)18-4)13(11(2)16)15(3)12-8-6-5-7-9-12/h12-13H,1,5-9H2,2-4H3. The molecule has 18 heavy (non-hydrogen) atoms. The molecule has 0 bridgehead atoms. The molecule has 1 atom stereocenters. The van der Waals surface area contributed by atoms with Crippen LogP contribution in [0.3, 0.4) is 0 Å². The number of likely N-dealkylation sites (N-methyl/N-ethyl adjacent to an activating group) is 1. The average Bonchev–Trinajstić information content (AvgIpc) is 2.38. The van der Waals surface area contributed by atoms with Gasteiger partial charge in [0, 0.05) is 6.04 Å². The van der Waals surface area contributed by atoms with Gasteiger partial charge in [0.2, 0.25) is 0 Å². The first-order valence-electron chi connectivity index (χ1n) is 6.48. The number of nitrogens with zero attached hydrogens (tertiary/aromatic N) is 1. The van der Waals surface area contributed by atoms with Crippen LogP contribution >= 0.6 is 0 Å². The quantitative estimate of drug-likeness (QED) is 0.555. The van der Waals surface area contributed by atoms with Crippen molar-refractivity contribution in [3.63, 3.8) is 0 Å². The molecular formula is C14H23NO3. The van der Waals surface area contributed by atoms with Gasteiger partial charge in [0.15, 0.2) is 5.78 Å². The molecule has 1 aliphatic carbocycles. The maximum atomic E-state index is 11.8. The predicted molar refractivity (Wildman–Crippen MR) is 70.3 cm³/mol. The summed E-state index contributed by atoms with van der Waals surface area (Å²) in [6, 6.07) is -0.199. The molecule has 1 saturated carbocycles. The summed E-state index contributed by atoms with van der Waals surface area (Å²) in [4.78, 5) is 25.3. The number of Topliss-reactive ketones (excluding diaryl/α,β-unsaturated/α-hetero) is 1. The number of methoxy groups -OCH3 is 1. The molecular weight excluding hydrogens is 230 g/mol. The zero-order valence-electron chi connectivity index (χ0n) is 11.6. The van der Waals surface area contributed by atoms with Crippen LogP contribution in [0.25, 0.3) is 0 Å². The van der Waals surface area contributed by atoms with E-state index in [1.807, 2.05) is 11.9 Å². The van der Waals surface area contributed by atoms with Gasteiger partial charge >= 0.3 is 5.97 Å². The Kier molecular flexibility index (Phi) is 5.54. The van der Waals surface area contributed by atoms with E-state index < -0.39 is 12.0 Å². The Labute approximate surface area is 109 Å². The molecule has 1 unspecified atom stereocenters. The van der Waals surface area contributed by atoms with Crippen molar-refractivity contribution in [3.05, 3.63) is 12.2 Å². The number of hydrogen-bond donors (Lipinski definition) is 0. The fraction of sp³-hybridized carbons (Fsp3) is 0.714. The van der Waals surface area contributed by atoms with Gasteiger partial charge in [-0.15, -0.1) is 0 Å². The van der Waals surface area contributed by atoms with Crippen LogP contribution in [-0.2, 0) is 14.3 Å². The second-order valence-electron chi connectivity index (χ2n) is 4.99. The third kappa shape index (κ3) is 3.42. The van der Waals surface area contributed by atoms with Crippen LogP contribution in [0.4, 0.5) is 0 Å². The number of esters is 1. The highest BCUT2D eigenvalue weighted by Gasteiger charge is 2.32. The highest BCUT2D eigenvalue weighted by molar-refractivity contribution is 5.98. The van der Waals surface area contributed by atoms with Gasteiger partial charge in [0.1, 0.15) is 6.04 Å². The fourth-order valence-corrected chi connectivity index (χ4v) is 2.72. The van der Waals surface area contributed by atoms with Crippen molar-refractivity contribution in [2.45, 2.75) is 51.1 Å². The minimum atomic E-state index is -0.555. The van der Waals surface area contributed by atoms with Crippen molar-refractivity contribution in [2.75, 3.05) is 14.2 Å². The third-order valence-corrected chi connectivity index (χ3v) is 3.72. The average molecular weight is 253 g/mol. The lowest BCUT2D eigenvalue weighted by Crippen LogP contribution is -2.47. The lowest BCUT2D eigenvalue weighted by Gasteiger charge is -2.36. The number of ether oxygens (including phenoxy) is 1. The van der Waals surface area contributed by atoms with E-state index in [1.165, 1.54) is 33.3 Å². The molecule has 0 radical (unpaired) electrons.